The Hall–Kier alpha value is -0.670. The molecule has 0 aliphatic rings. The number of hydrogen-bond donors (Lipinski definition) is 2. The number of thioether (sulfide) groups is 1. The van der Waals surface area contributed by atoms with Crippen LogP contribution in [-0.4, -0.2) is 17.5 Å². The van der Waals surface area contributed by atoms with Gasteiger partial charge in [-0.15, -0.1) is 11.8 Å². The minimum absolute atomic E-state index is 0.321. The summed E-state index contributed by atoms with van der Waals surface area (Å²) in [5.41, 5.74) is 7.90. The Morgan fingerprint density at radius 2 is 1.94 bits per heavy atom. The van der Waals surface area contributed by atoms with Crippen LogP contribution in [0.4, 0.5) is 5.69 Å². The van der Waals surface area contributed by atoms with Crippen molar-refractivity contribution in [3.63, 3.8) is 0 Å². The maximum atomic E-state index is 8.65. The molecule has 0 bridgehead atoms. The molecule has 1 aromatic carbocycles. The van der Waals surface area contributed by atoms with E-state index in [9.17, 15) is 0 Å². The number of nitrogen functional groups attached to an aromatic ring is 1. The molecular weight excluding hydrogens is 218 g/mol. The van der Waals surface area contributed by atoms with E-state index in [4.69, 9.17) is 10.8 Å². The van der Waals surface area contributed by atoms with Crippen LogP contribution in [0.5, 0.6) is 0 Å². The lowest BCUT2D eigenvalue weighted by Crippen LogP contribution is -1.89. The van der Waals surface area contributed by atoms with Crippen molar-refractivity contribution in [1.29, 1.82) is 0 Å². The van der Waals surface area contributed by atoms with Crippen molar-refractivity contribution < 1.29 is 5.11 Å². The maximum absolute atomic E-state index is 8.65. The number of unbranched alkanes of at least 4 members (excludes halogenated alkanes) is 3. The van der Waals surface area contributed by atoms with Gasteiger partial charge in [0.25, 0.3) is 0 Å². The van der Waals surface area contributed by atoms with Crippen molar-refractivity contribution in [2.45, 2.75) is 37.5 Å². The third-order valence-electron chi connectivity index (χ3n) is 2.52. The quantitative estimate of drug-likeness (QED) is 0.436. The zero-order chi connectivity index (χ0) is 11.8. The molecule has 0 unspecified atom stereocenters. The van der Waals surface area contributed by atoms with Crippen molar-refractivity contribution in [1.82, 2.24) is 0 Å². The summed E-state index contributed by atoms with van der Waals surface area (Å²) in [6.45, 7) is 2.44. The van der Waals surface area contributed by atoms with Crippen molar-refractivity contribution in [2.24, 2.45) is 0 Å². The first-order chi connectivity index (χ1) is 7.74. The Labute approximate surface area is 102 Å². The van der Waals surface area contributed by atoms with Gasteiger partial charge in [0.2, 0.25) is 0 Å². The van der Waals surface area contributed by atoms with E-state index in [0.717, 1.165) is 24.3 Å². The molecule has 0 saturated carbocycles. The summed E-state index contributed by atoms with van der Waals surface area (Å²) in [7, 11) is 0. The molecule has 0 aromatic heterocycles. The van der Waals surface area contributed by atoms with Gasteiger partial charge < -0.3 is 10.8 Å². The van der Waals surface area contributed by atoms with Gasteiger partial charge in [0.1, 0.15) is 0 Å². The van der Waals surface area contributed by atoms with Crippen molar-refractivity contribution in [3.8, 4) is 0 Å². The summed E-state index contributed by atoms with van der Waals surface area (Å²) in [4.78, 5) is 1.29. The van der Waals surface area contributed by atoms with Crippen LogP contribution in [0, 0.1) is 6.92 Å². The molecule has 0 atom stereocenters. The third kappa shape index (κ3) is 4.90. The number of hydrogen-bond acceptors (Lipinski definition) is 3. The smallest absolute Gasteiger partial charge is 0.0431 e. The third-order valence-corrected chi connectivity index (χ3v) is 3.77. The first-order valence-electron chi connectivity index (χ1n) is 5.84. The number of aliphatic hydroxyl groups is 1. The van der Waals surface area contributed by atoms with E-state index in [-0.39, 0.29) is 0 Å². The van der Waals surface area contributed by atoms with Crippen molar-refractivity contribution in [3.05, 3.63) is 23.8 Å². The second kappa shape index (κ2) is 7.58. The van der Waals surface area contributed by atoms with Gasteiger partial charge in [0.15, 0.2) is 0 Å². The number of aliphatic hydroxyl groups excluding tert-OH is 1. The zero-order valence-corrected chi connectivity index (χ0v) is 10.7. The molecule has 0 fully saturated rings. The lowest BCUT2D eigenvalue weighted by molar-refractivity contribution is 0.283. The highest BCUT2D eigenvalue weighted by Gasteiger charge is 1.99. The minimum Gasteiger partial charge on any atom is -0.399 e. The fourth-order valence-corrected chi connectivity index (χ4v) is 2.61. The van der Waals surface area contributed by atoms with Gasteiger partial charge in [0.05, 0.1) is 0 Å². The maximum Gasteiger partial charge on any atom is 0.0431 e. The molecule has 0 spiro atoms. The van der Waals surface area contributed by atoms with Gasteiger partial charge in [-0.05, 0) is 43.2 Å². The van der Waals surface area contributed by atoms with Gasteiger partial charge in [0, 0.05) is 17.2 Å². The van der Waals surface area contributed by atoms with E-state index in [2.05, 4.69) is 13.0 Å². The highest BCUT2D eigenvalue weighted by molar-refractivity contribution is 7.99. The molecule has 16 heavy (non-hydrogen) atoms. The molecule has 90 valence electrons. The van der Waals surface area contributed by atoms with Crippen LogP contribution in [-0.2, 0) is 0 Å². The standard InChI is InChI=1S/C13H21NOS/c1-11-6-7-12(14)10-13(11)16-9-5-3-2-4-8-15/h6-7,10,15H,2-5,8-9,14H2,1H3. The number of aryl methyl sites for hydroxylation is 1. The fraction of sp³-hybridized carbons (Fsp3) is 0.538. The molecule has 3 heteroatoms. The van der Waals surface area contributed by atoms with Crippen LogP contribution in [0.1, 0.15) is 31.2 Å². The second-order valence-electron chi connectivity index (χ2n) is 4.01. The number of benzene rings is 1. The monoisotopic (exact) mass is 239 g/mol. The lowest BCUT2D eigenvalue weighted by atomic mass is 10.2. The molecule has 0 heterocycles. The van der Waals surface area contributed by atoms with E-state index in [1.807, 2.05) is 23.9 Å². The van der Waals surface area contributed by atoms with Gasteiger partial charge in [-0.3, -0.25) is 0 Å². The molecule has 0 amide bonds. The first kappa shape index (κ1) is 13.4. The number of rotatable bonds is 7. The van der Waals surface area contributed by atoms with Gasteiger partial charge in [-0.25, -0.2) is 0 Å². The molecular formula is C13H21NOS. The molecule has 0 radical (unpaired) electrons. The van der Waals surface area contributed by atoms with Crippen LogP contribution in [0.3, 0.4) is 0 Å². The molecule has 0 saturated heterocycles. The molecule has 0 aliphatic carbocycles. The highest BCUT2D eigenvalue weighted by atomic mass is 32.2. The minimum atomic E-state index is 0.321. The molecule has 0 aliphatic heterocycles. The van der Waals surface area contributed by atoms with Crippen molar-refractivity contribution >= 4 is 17.4 Å². The Morgan fingerprint density at radius 1 is 1.19 bits per heavy atom. The largest absolute Gasteiger partial charge is 0.399 e. The van der Waals surface area contributed by atoms with Gasteiger partial charge in [-0.2, -0.15) is 0 Å². The number of anilines is 1. The summed E-state index contributed by atoms with van der Waals surface area (Å²) in [5, 5.41) is 8.65. The zero-order valence-electron chi connectivity index (χ0n) is 9.91. The van der Waals surface area contributed by atoms with E-state index >= 15 is 0 Å². The predicted octanol–water partition coefficient (Wildman–Crippen LogP) is 3.22. The van der Waals surface area contributed by atoms with Crippen LogP contribution in [0.15, 0.2) is 23.1 Å². The Kier molecular flexibility index (Phi) is 6.34. The second-order valence-corrected chi connectivity index (χ2v) is 5.15. The normalized spacial score (nSPS) is 10.6. The van der Waals surface area contributed by atoms with Crippen LogP contribution < -0.4 is 5.73 Å². The summed E-state index contributed by atoms with van der Waals surface area (Å²) in [6.07, 6.45) is 4.47. The van der Waals surface area contributed by atoms with E-state index < -0.39 is 0 Å². The SMILES string of the molecule is Cc1ccc(N)cc1SCCCCCCO. The van der Waals surface area contributed by atoms with E-state index in [1.54, 1.807) is 0 Å². The van der Waals surface area contributed by atoms with Crippen molar-refractivity contribution in [2.75, 3.05) is 18.1 Å². The summed E-state index contributed by atoms with van der Waals surface area (Å²) < 4.78 is 0. The lowest BCUT2D eigenvalue weighted by Gasteiger charge is -2.06. The Morgan fingerprint density at radius 3 is 2.69 bits per heavy atom. The van der Waals surface area contributed by atoms with Crippen LogP contribution in [0.25, 0.3) is 0 Å². The summed E-state index contributed by atoms with van der Waals surface area (Å²) in [6, 6.07) is 6.07. The average Bonchev–Trinajstić information content (AvgIpc) is 2.28. The van der Waals surface area contributed by atoms with Gasteiger partial charge in [-0.1, -0.05) is 18.9 Å². The molecule has 1 aromatic rings. The highest BCUT2D eigenvalue weighted by Crippen LogP contribution is 2.25. The van der Waals surface area contributed by atoms with Gasteiger partial charge >= 0.3 is 0 Å². The predicted molar refractivity (Wildman–Crippen MR) is 71.9 cm³/mol. The Bertz CT molecular complexity index is 315. The Balaban J connectivity index is 2.23. The van der Waals surface area contributed by atoms with Crippen LogP contribution >= 0.6 is 11.8 Å². The molecule has 3 N–H and O–H groups in total. The number of nitrogens with two attached hydrogens (primary N) is 1. The topological polar surface area (TPSA) is 46.2 Å². The first-order valence-corrected chi connectivity index (χ1v) is 6.82. The van der Waals surface area contributed by atoms with Crippen LogP contribution in [0.2, 0.25) is 0 Å². The van der Waals surface area contributed by atoms with E-state index in [0.29, 0.717) is 6.61 Å². The summed E-state index contributed by atoms with van der Waals surface area (Å²) >= 11 is 1.88. The molecule has 2 nitrogen and oxygen atoms in total. The van der Waals surface area contributed by atoms with E-state index in [1.165, 1.54) is 23.3 Å². The summed E-state index contributed by atoms with van der Waals surface area (Å²) in [5.74, 6) is 1.13. The fourth-order valence-electron chi connectivity index (χ4n) is 1.52. The average molecular weight is 239 g/mol. The molecule has 1 rings (SSSR count).